The van der Waals surface area contributed by atoms with E-state index in [1.165, 1.54) is 24.9 Å². The molecular weight excluding hydrogens is 196 g/mol. The quantitative estimate of drug-likeness (QED) is 0.841. The normalized spacial score (nSPS) is 23.5. The maximum Gasteiger partial charge on any atom is 0.0348 e. The minimum absolute atomic E-state index is 0.601. The Morgan fingerprint density at radius 2 is 2.12 bits per heavy atom. The highest BCUT2D eigenvalue weighted by Gasteiger charge is 2.26. The highest BCUT2D eigenvalue weighted by Crippen LogP contribution is 2.31. The van der Waals surface area contributed by atoms with Gasteiger partial charge in [0.25, 0.3) is 0 Å². The summed E-state index contributed by atoms with van der Waals surface area (Å²) in [6.07, 6.45) is 2.61. The van der Waals surface area contributed by atoms with Gasteiger partial charge in [-0.2, -0.15) is 0 Å². The van der Waals surface area contributed by atoms with Crippen molar-refractivity contribution in [3.8, 4) is 0 Å². The fourth-order valence-corrected chi connectivity index (χ4v) is 2.57. The van der Waals surface area contributed by atoms with Gasteiger partial charge in [-0.3, -0.25) is 4.90 Å². The summed E-state index contributed by atoms with van der Waals surface area (Å²) in [7, 11) is 0. The number of hydrogen-bond donors (Lipinski definition) is 1. The van der Waals surface area contributed by atoms with E-state index in [1.807, 2.05) is 0 Å². The first-order valence-corrected chi connectivity index (χ1v) is 6.30. The van der Waals surface area contributed by atoms with E-state index in [9.17, 15) is 0 Å². The number of nitrogens with zero attached hydrogens (tertiary/aromatic N) is 1. The van der Waals surface area contributed by atoms with E-state index < -0.39 is 0 Å². The van der Waals surface area contributed by atoms with Gasteiger partial charge in [0.05, 0.1) is 0 Å². The van der Waals surface area contributed by atoms with Gasteiger partial charge in [-0.05, 0) is 37.4 Å². The highest BCUT2D eigenvalue weighted by atomic mass is 15.2. The van der Waals surface area contributed by atoms with E-state index in [2.05, 4.69) is 42.2 Å². The molecule has 2 unspecified atom stereocenters. The molecule has 0 radical (unpaired) electrons. The van der Waals surface area contributed by atoms with E-state index in [-0.39, 0.29) is 0 Å². The van der Waals surface area contributed by atoms with Crippen LogP contribution in [0.3, 0.4) is 0 Å². The molecule has 1 fully saturated rings. The molecule has 2 nitrogen and oxygen atoms in total. The van der Waals surface area contributed by atoms with Crippen molar-refractivity contribution in [2.45, 2.75) is 25.8 Å². The monoisotopic (exact) mass is 218 g/mol. The number of hydrogen-bond acceptors (Lipinski definition) is 2. The van der Waals surface area contributed by atoms with E-state index in [0.717, 1.165) is 13.1 Å². The lowest BCUT2D eigenvalue weighted by Gasteiger charge is -2.27. The molecule has 2 rings (SSSR count). The predicted molar refractivity (Wildman–Crippen MR) is 68.2 cm³/mol. The van der Waals surface area contributed by atoms with Gasteiger partial charge in [-0.25, -0.2) is 0 Å². The van der Waals surface area contributed by atoms with E-state index in [4.69, 9.17) is 5.73 Å². The molecule has 88 valence electrons. The topological polar surface area (TPSA) is 29.3 Å². The average molecular weight is 218 g/mol. The molecule has 0 aromatic heterocycles. The van der Waals surface area contributed by atoms with Crippen molar-refractivity contribution in [3.05, 3.63) is 35.9 Å². The molecule has 0 amide bonds. The maximum absolute atomic E-state index is 5.71. The molecule has 1 saturated heterocycles. The van der Waals surface area contributed by atoms with Crippen LogP contribution in [0.15, 0.2) is 30.3 Å². The zero-order valence-corrected chi connectivity index (χ0v) is 10.1. The molecule has 1 aliphatic rings. The molecule has 0 saturated carbocycles. The van der Waals surface area contributed by atoms with Crippen LogP contribution >= 0.6 is 0 Å². The standard InChI is InChI=1S/C14H22N2/c1-12(10-15)11-16-9-5-8-14(16)13-6-3-2-4-7-13/h2-4,6-7,12,14H,5,8-11,15H2,1H3. The first kappa shape index (κ1) is 11.6. The largest absolute Gasteiger partial charge is 0.330 e. The smallest absolute Gasteiger partial charge is 0.0348 e. The van der Waals surface area contributed by atoms with Crippen LogP contribution < -0.4 is 5.73 Å². The Labute approximate surface area is 98.4 Å². The van der Waals surface area contributed by atoms with Crippen LogP contribution in [0.5, 0.6) is 0 Å². The minimum atomic E-state index is 0.601. The predicted octanol–water partition coefficient (Wildman–Crippen LogP) is 2.42. The van der Waals surface area contributed by atoms with Gasteiger partial charge in [-0.1, -0.05) is 37.3 Å². The fourth-order valence-electron chi connectivity index (χ4n) is 2.57. The Bertz CT molecular complexity index is 310. The number of benzene rings is 1. The summed E-state index contributed by atoms with van der Waals surface area (Å²) in [6, 6.07) is 11.5. The fraction of sp³-hybridized carbons (Fsp3) is 0.571. The van der Waals surface area contributed by atoms with Crippen LogP contribution in [0.2, 0.25) is 0 Å². The Balaban J connectivity index is 2.04. The zero-order chi connectivity index (χ0) is 11.4. The van der Waals surface area contributed by atoms with E-state index in [1.54, 1.807) is 0 Å². The van der Waals surface area contributed by atoms with E-state index in [0.29, 0.717) is 12.0 Å². The molecule has 1 aromatic carbocycles. The molecular formula is C14H22N2. The molecule has 2 atom stereocenters. The first-order chi connectivity index (χ1) is 7.81. The summed E-state index contributed by atoms with van der Waals surface area (Å²) in [5, 5.41) is 0. The molecule has 1 aliphatic heterocycles. The summed E-state index contributed by atoms with van der Waals surface area (Å²) in [5.74, 6) is 0.601. The number of nitrogens with two attached hydrogens (primary N) is 1. The summed E-state index contributed by atoms with van der Waals surface area (Å²) in [4.78, 5) is 2.59. The minimum Gasteiger partial charge on any atom is -0.330 e. The second-order valence-electron chi connectivity index (χ2n) is 4.90. The van der Waals surface area contributed by atoms with Gasteiger partial charge in [-0.15, -0.1) is 0 Å². The third-order valence-electron chi connectivity index (χ3n) is 3.50. The Kier molecular flexibility index (Phi) is 3.97. The molecule has 2 N–H and O–H groups in total. The molecule has 1 aromatic rings. The lowest BCUT2D eigenvalue weighted by Crippen LogP contribution is -2.31. The zero-order valence-electron chi connectivity index (χ0n) is 10.1. The van der Waals surface area contributed by atoms with Crippen LogP contribution in [0, 0.1) is 5.92 Å². The summed E-state index contributed by atoms with van der Waals surface area (Å²) in [6.45, 7) is 5.39. The third-order valence-corrected chi connectivity index (χ3v) is 3.50. The van der Waals surface area contributed by atoms with Crippen molar-refractivity contribution in [1.82, 2.24) is 4.90 Å². The summed E-state index contributed by atoms with van der Waals surface area (Å²) < 4.78 is 0. The van der Waals surface area contributed by atoms with Crippen molar-refractivity contribution in [3.63, 3.8) is 0 Å². The molecule has 2 heteroatoms. The van der Waals surface area contributed by atoms with Gasteiger partial charge in [0.2, 0.25) is 0 Å². The Morgan fingerprint density at radius 3 is 2.81 bits per heavy atom. The van der Waals surface area contributed by atoms with Crippen LogP contribution in [0.1, 0.15) is 31.4 Å². The second-order valence-corrected chi connectivity index (χ2v) is 4.90. The lowest BCUT2D eigenvalue weighted by molar-refractivity contribution is 0.224. The van der Waals surface area contributed by atoms with Crippen LogP contribution in [-0.4, -0.2) is 24.5 Å². The van der Waals surface area contributed by atoms with E-state index >= 15 is 0 Å². The van der Waals surface area contributed by atoms with Crippen molar-refractivity contribution >= 4 is 0 Å². The number of likely N-dealkylation sites (tertiary alicyclic amines) is 1. The highest BCUT2D eigenvalue weighted by molar-refractivity contribution is 5.19. The average Bonchev–Trinajstić information content (AvgIpc) is 2.78. The van der Waals surface area contributed by atoms with Gasteiger partial charge >= 0.3 is 0 Å². The van der Waals surface area contributed by atoms with Crippen LogP contribution in [0.4, 0.5) is 0 Å². The van der Waals surface area contributed by atoms with Gasteiger partial charge in [0, 0.05) is 12.6 Å². The Hall–Kier alpha value is -0.860. The summed E-state index contributed by atoms with van der Waals surface area (Å²) in [5.41, 5.74) is 7.17. The van der Waals surface area contributed by atoms with Gasteiger partial charge in [0.15, 0.2) is 0 Å². The maximum atomic E-state index is 5.71. The molecule has 1 heterocycles. The third kappa shape index (κ3) is 2.63. The van der Waals surface area contributed by atoms with Gasteiger partial charge < -0.3 is 5.73 Å². The Morgan fingerprint density at radius 1 is 1.38 bits per heavy atom. The molecule has 0 aliphatic carbocycles. The van der Waals surface area contributed by atoms with Crippen molar-refractivity contribution in [2.75, 3.05) is 19.6 Å². The van der Waals surface area contributed by atoms with Gasteiger partial charge in [0.1, 0.15) is 0 Å². The van der Waals surface area contributed by atoms with Crippen molar-refractivity contribution in [2.24, 2.45) is 11.7 Å². The van der Waals surface area contributed by atoms with Crippen molar-refractivity contribution < 1.29 is 0 Å². The molecule has 16 heavy (non-hydrogen) atoms. The SMILES string of the molecule is CC(CN)CN1CCCC1c1ccccc1. The first-order valence-electron chi connectivity index (χ1n) is 6.30. The van der Waals surface area contributed by atoms with Crippen molar-refractivity contribution in [1.29, 1.82) is 0 Å². The summed E-state index contributed by atoms with van der Waals surface area (Å²) >= 11 is 0. The van der Waals surface area contributed by atoms with Crippen LogP contribution in [-0.2, 0) is 0 Å². The number of rotatable bonds is 4. The van der Waals surface area contributed by atoms with Crippen LogP contribution in [0.25, 0.3) is 0 Å². The molecule has 0 bridgehead atoms. The molecule has 0 spiro atoms. The lowest BCUT2D eigenvalue weighted by atomic mass is 10.0. The second kappa shape index (κ2) is 5.46.